The summed E-state index contributed by atoms with van der Waals surface area (Å²) < 4.78 is 6.77. The molecule has 1 aliphatic heterocycles. The van der Waals surface area contributed by atoms with Gasteiger partial charge < -0.3 is 19.5 Å². The molecule has 1 amide bonds. The van der Waals surface area contributed by atoms with Crippen molar-refractivity contribution in [2.24, 2.45) is 7.05 Å². The summed E-state index contributed by atoms with van der Waals surface area (Å²) in [4.78, 5) is 30.3. The second-order valence-electron chi connectivity index (χ2n) is 5.67. The van der Waals surface area contributed by atoms with Gasteiger partial charge in [-0.15, -0.1) is 0 Å². The zero-order valence-electron chi connectivity index (χ0n) is 13.6. The molecule has 1 aliphatic rings. The van der Waals surface area contributed by atoms with Gasteiger partial charge in [-0.25, -0.2) is 4.98 Å². The molecule has 0 aromatic carbocycles. The van der Waals surface area contributed by atoms with Gasteiger partial charge in [0, 0.05) is 50.7 Å². The van der Waals surface area contributed by atoms with E-state index in [0.29, 0.717) is 25.3 Å². The number of morpholine rings is 1. The molecule has 3 heterocycles. The van der Waals surface area contributed by atoms with Crippen molar-refractivity contribution in [3.63, 3.8) is 0 Å². The van der Waals surface area contributed by atoms with Gasteiger partial charge in [0.2, 0.25) is 0 Å². The Morgan fingerprint density at radius 3 is 2.83 bits per heavy atom. The van der Waals surface area contributed by atoms with Crippen LogP contribution >= 0.6 is 0 Å². The number of carbonyl (C=O) groups excluding carboxylic acids is 1. The van der Waals surface area contributed by atoms with E-state index in [0.717, 1.165) is 24.5 Å². The average molecular weight is 328 g/mol. The number of hydrogen-bond donors (Lipinski definition) is 1. The quantitative estimate of drug-likeness (QED) is 0.887. The normalized spacial score (nSPS) is 14.5. The Hall–Kier alpha value is -2.67. The Morgan fingerprint density at radius 2 is 2.08 bits per heavy atom. The monoisotopic (exact) mass is 328 g/mol. The summed E-state index contributed by atoms with van der Waals surface area (Å²) in [5, 5.41) is 2.83. The number of pyridine rings is 2. The third-order valence-electron chi connectivity index (χ3n) is 3.96. The van der Waals surface area contributed by atoms with Crippen LogP contribution in [-0.4, -0.2) is 41.8 Å². The Balaban J connectivity index is 1.64. The molecule has 7 nitrogen and oxygen atoms in total. The van der Waals surface area contributed by atoms with Gasteiger partial charge in [-0.2, -0.15) is 0 Å². The fraction of sp³-hybridized carbons (Fsp3) is 0.353. The lowest BCUT2D eigenvalue weighted by molar-refractivity contribution is 0.0950. The van der Waals surface area contributed by atoms with Crippen LogP contribution in [0, 0.1) is 0 Å². The van der Waals surface area contributed by atoms with E-state index >= 15 is 0 Å². The van der Waals surface area contributed by atoms with Gasteiger partial charge in [-0.1, -0.05) is 0 Å². The highest BCUT2D eigenvalue weighted by atomic mass is 16.5. The maximum Gasteiger partial charge on any atom is 0.251 e. The third kappa shape index (κ3) is 3.80. The molecule has 24 heavy (non-hydrogen) atoms. The Morgan fingerprint density at radius 1 is 1.29 bits per heavy atom. The Kier molecular flexibility index (Phi) is 4.90. The molecule has 7 heteroatoms. The molecule has 0 bridgehead atoms. The van der Waals surface area contributed by atoms with Crippen molar-refractivity contribution in [2.45, 2.75) is 6.54 Å². The molecule has 0 atom stereocenters. The first-order valence-corrected chi connectivity index (χ1v) is 7.86. The molecule has 2 aromatic heterocycles. The smallest absolute Gasteiger partial charge is 0.251 e. The predicted octanol–water partition coefficient (Wildman–Crippen LogP) is 0.547. The maximum absolute atomic E-state index is 12.2. The molecule has 0 unspecified atom stereocenters. The summed E-state index contributed by atoms with van der Waals surface area (Å²) in [7, 11) is 1.65. The Bertz CT molecular complexity index is 781. The van der Waals surface area contributed by atoms with Crippen molar-refractivity contribution in [2.75, 3.05) is 31.2 Å². The van der Waals surface area contributed by atoms with E-state index in [4.69, 9.17) is 4.74 Å². The molecule has 1 saturated heterocycles. The molecule has 126 valence electrons. The lowest BCUT2D eigenvalue weighted by Crippen LogP contribution is -2.36. The predicted molar refractivity (Wildman–Crippen MR) is 90.1 cm³/mol. The summed E-state index contributed by atoms with van der Waals surface area (Å²) in [5.41, 5.74) is 1.12. The van der Waals surface area contributed by atoms with Crippen LogP contribution in [0.2, 0.25) is 0 Å². The van der Waals surface area contributed by atoms with Crippen molar-refractivity contribution in [1.29, 1.82) is 0 Å². The van der Waals surface area contributed by atoms with E-state index in [2.05, 4.69) is 15.2 Å². The summed E-state index contributed by atoms with van der Waals surface area (Å²) in [5.74, 6) is 0.621. The minimum Gasteiger partial charge on any atom is -0.378 e. The number of aromatic nitrogens is 2. The number of ether oxygens (including phenoxy) is 1. The standard InChI is InChI=1S/C17H20N4O3/c1-20-5-3-14(11-16(20)22)17(23)19-12-13-2-4-18-15(10-13)21-6-8-24-9-7-21/h2-5,10-11H,6-9,12H2,1H3,(H,19,23). The van der Waals surface area contributed by atoms with Gasteiger partial charge in [-0.05, 0) is 23.8 Å². The summed E-state index contributed by atoms with van der Waals surface area (Å²) >= 11 is 0. The molecule has 0 aliphatic carbocycles. The fourth-order valence-electron chi connectivity index (χ4n) is 2.51. The minimum absolute atomic E-state index is 0.207. The molecular weight excluding hydrogens is 308 g/mol. The highest BCUT2D eigenvalue weighted by molar-refractivity contribution is 5.93. The van der Waals surface area contributed by atoms with Gasteiger partial charge in [0.1, 0.15) is 5.82 Å². The lowest BCUT2D eigenvalue weighted by Gasteiger charge is -2.28. The second-order valence-corrected chi connectivity index (χ2v) is 5.67. The topological polar surface area (TPSA) is 76.5 Å². The van der Waals surface area contributed by atoms with Crippen LogP contribution in [0.5, 0.6) is 0 Å². The zero-order valence-corrected chi connectivity index (χ0v) is 13.6. The van der Waals surface area contributed by atoms with Crippen LogP contribution in [0.3, 0.4) is 0 Å². The number of anilines is 1. The summed E-state index contributed by atoms with van der Waals surface area (Å²) in [6.07, 6.45) is 3.32. The average Bonchev–Trinajstić information content (AvgIpc) is 2.63. The first kappa shape index (κ1) is 16.2. The number of nitrogens with one attached hydrogen (secondary N) is 1. The van der Waals surface area contributed by atoms with Crippen LogP contribution in [0.15, 0.2) is 41.5 Å². The van der Waals surface area contributed by atoms with E-state index < -0.39 is 0 Å². The zero-order chi connectivity index (χ0) is 16.9. The molecule has 0 radical (unpaired) electrons. The number of rotatable bonds is 4. The second kappa shape index (κ2) is 7.27. The van der Waals surface area contributed by atoms with Crippen LogP contribution in [0.1, 0.15) is 15.9 Å². The van der Waals surface area contributed by atoms with Crippen molar-refractivity contribution >= 4 is 11.7 Å². The molecule has 3 rings (SSSR count). The summed E-state index contributed by atoms with van der Waals surface area (Å²) in [6.45, 7) is 3.41. The third-order valence-corrected chi connectivity index (χ3v) is 3.96. The van der Waals surface area contributed by atoms with Gasteiger partial charge in [0.05, 0.1) is 13.2 Å². The minimum atomic E-state index is -0.266. The van der Waals surface area contributed by atoms with Crippen LogP contribution < -0.4 is 15.8 Å². The SMILES string of the molecule is Cn1ccc(C(=O)NCc2ccnc(N3CCOCC3)c2)cc1=O. The highest BCUT2D eigenvalue weighted by Gasteiger charge is 2.13. The molecule has 1 fully saturated rings. The number of nitrogens with zero attached hydrogens (tertiary/aromatic N) is 3. The maximum atomic E-state index is 12.2. The van der Waals surface area contributed by atoms with Crippen molar-refractivity contribution in [3.05, 3.63) is 58.1 Å². The van der Waals surface area contributed by atoms with Crippen molar-refractivity contribution in [1.82, 2.24) is 14.9 Å². The number of carbonyl (C=O) groups is 1. The summed E-state index contributed by atoms with van der Waals surface area (Å²) in [6, 6.07) is 6.80. The van der Waals surface area contributed by atoms with E-state index in [1.165, 1.54) is 10.6 Å². The lowest BCUT2D eigenvalue weighted by atomic mass is 10.2. The van der Waals surface area contributed by atoms with Crippen LogP contribution in [0.25, 0.3) is 0 Å². The first-order chi connectivity index (χ1) is 11.6. The van der Waals surface area contributed by atoms with Gasteiger partial charge in [0.25, 0.3) is 11.5 Å². The van der Waals surface area contributed by atoms with Crippen LogP contribution in [-0.2, 0) is 18.3 Å². The van der Waals surface area contributed by atoms with Gasteiger partial charge >= 0.3 is 0 Å². The molecule has 0 spiro atoms. The largest absolute Gasteiger partial charge is 0.378 e. The Labute approximate surface area is 139 Å². The van der Waals surface area contributed by atoms with Crippen LogP contribution in [0.4, 0.5) is 5.82 Å². The van der Waals surface area contributed by atoms with E-state index in [1.807, 2.05) is 12.1 Å². The fourth-order valence-corrected chi connectivity index (χ4v) is 2.51. The highest BCUT2D eigenvalue weighted by Crippen LogP contribution is 2.14. The van der Waals surface area contributed by atoms with E-state index in [1.54, 1.807) is 25.5 Å². The van der Waals surface area contributed by atoms with E-state index in [-0.39, 0.29) is 11.5 Å². The van der Waals surface area contributed by atoms with Gasteiger partial charge in [-0.3, -0.25) is 9.59 Å². The number of aryl methyl sites for hydroxylation is 1. The molecular formula is C17H20N4O3. The van der Waals surface area contributed by atoms with Gasteiger partial charge in [0.15, 0.2) is 0 Å². The number of hydrogen-bond acceptors (Lipinski definition) is 5. The number of amides is 1. The van der Waals surface area contributed by atoms with E-state index in [9.17, 15) is 9.59 Å². The van der Waals surface area contributed by atoms with Crippen molar-refractivity contribution in [3.8, 4) is 0 Å². The first-order valence-electron chi connectivity index (χ1n) is 7.86. The molecule has 0 saturated carbocycles. The van der Waals surface area contributed by atoms with Crippen molar-refractivity contribution < 1.29 is 9.53 Å². The molecule has 1 N–H and O–H groups in total. The molecule has 2 aromatic rings.